The van der Waals surface area contributed by atoms with E-state index in [2.05, 4.69) is 10.6 Å². The number of nitrogens with one attached hydrogen (secondary N) is 2. The van der Waals surface area contributed by atoms with Crippen LogP contribution in [0.5, 0.6) is 0 Å². The van der Waals surface area contributed by atoms with Gasteiger partial charge in [-0.1, -0.05) is 30.3 Å². The van der Waals surface area contributed by atoms with E-state index >= 15 is 0 Å². The molecule has 1 fully saturated rings. The molecule has 15 heteroatoms. The van der Waals surface area contributed by atoms with Gasteiger partial charge in [0.1, 0.15) is 17.9 Å². The second kappa shape index (κ2) is 18.2. The molecule has 262 valence electrons. The number of aliphatic carboxylic acids is 1. The molecule has 3 rings (SSSR count). The van der Waals surface area contributed by atoms with Gasteiger partial charge >= 0.3 is 17.9 Å². The van der Waals surface area contributed by atoms with E-state index in [9.17, 15) is 42.3 Å². The van der Waals surface area contributed by atoms with Crippen LogP contribution in [-0.4, -0.2) is 90.2 Å². The topological polar surface area (TPSA) is 177 Å². The van der Waals surface area contributed by atoms with Crippen molar-refractivity contribution in [1.82, 2.24) is 15.5 Å². The number of amides is 2. The standard InChI is InChI=1S/C33H41F3N4O8/c1-3-48-33(46)27(10-9-19-7-5-4-6-8-19)39-26(11-12-30(42)47-2)31(43)40-18-22(16-28(40)32(44)45)38-29(41)15-21(37)13-20-14-24(35)25(36)17-23(20)34/h4-8,14,17,21-22,26-28,39H,3,9-13,15-16,18,37H2,1-2H3,(H,38,41)(H,44,45)/t21-,22+,26+,27+,28+/m1/s1. The monoisotopic (exact) mass is 678 g/mol. The fourth-order valence-electron chi connectivity index (χ4n) is 5.57. The van der Waals surface area contributed by atoms with E-state index < -0.39 is 77.4 Å². The number of hydrogen-bond acceptors (Lipinski definition) is 9. The van der Waals surface area contributed by atoms with Crippen LogP contribution in [-0.2, 0) is 46.3 Å². The van der Waals surface area contributed by atoms with E-state index in [1.807, 2.05) is 30.3 Å². The number of hydrogen-bond donors (Lipinski definition) is 4. The first-order valence-electron chi connectivity index (χ1n) is 15.6. The number of likely N-dealkylation sites (tertiary alicyclic amines) is 1. The van der Waals surface area contributed by atoms with Gasteiger partial charge in [0.15, 0.2) is 11.6 Å². The number of halogens is 3. The van der Waals surface area contributed by atoms with Crippen molar-refractivity contribution in [3.63, 3.8) is 0 Å². The number of nitrogens with two attached hydrogens (primary N) is 1. The van der Waals surface area contributed by atoms with Crippen molar-refractivity contribution in [2.75, 3.05) is 20.3 Å². The third-order valence-corrected chi connectivity index (χ3v) is 7.95. The molecule has 0 bridgehead atoms. The Morgan fingerprint density at radius 2 is 1.71 bits per heavy atom. The molecule has 2 aromatic rings. The van der Waals surface area contributed by atoms with E-state index in [0.29, 0.717) is 18.6 Å². The van der Waals surface area contributed by atoms with Crippen molar-refractivity contribution in [2.45, 2.75) is 82.1 Å². The molecule has 0 aromatic heterocycles. The lowest BCUT2D eigenvalue weighted by Crippen LogP contribution is -2.55. The molecule has 5 N–H and O–H groups in total. The number of esters is 2. The summed E-state index contributed by atoms with van der Waals surface area (Å²) in [6.45, 7) is 1.51. The van der Waals surface area contributed by atoms with Crippen molar-refractivity contribution in [2.24, 2.45) is 5.73 Å². The molecule has 1 heterocycles. The Morgan fingerprint density at radius 3 is 2.35 bits per heavy atom. The SMILES string of the molecule is CCOC(=O)[C@H](CCc1ccccc1)N[C@@H](CCC(=O)OC)C(=O)N1C[C@@H](NC(=O)C[C@H](N)Cc2cc(F)c(F)cc2F)C[C@H]1C(=O)O. The largest absolute Gasteiger partial charge is 0.480 e. The summed E-state index contributed by atoms with van der Waals surface area (Å²) in [6.07, 6.45) is -0.428. The molecule has 0 radical (unpaired) electrons. The number of ether oxygens (including phenoxy) is 2. The van der Waals surface area contributed by atoms with Gasteiger partial charge in [-0.05, 0) is 49.8 Å². The van der Waals surface area contributed by atoms with Crippen molar-refractivity contribution in [3.8, 4) is 0 Å². The van der Waals surface area contributed by atoms with Crippen molar-refractivity contribution >= 4 is 29.7 Å². The zero-order valence-electron chi connectivity index (χ0n) is 26.8. The predicted molar refractivity (Wildman–Crippen MR) is 166 cm³/mol. The van der Waals surface area contributed by atoms with Gasteiger partial charge in [-0.15, -0.1) is 0 Å². The van der Waals surface area contributed by atoms with Gasteiger partial charge in [0.05, 0.1) is 19.8 Å². The lowest BCUT2D eigenvalue weighted by molar-refractivity contribution is -0.151. The molecule has 1 saturated heterocycles. The van der Waals surface area contributed by atoms with Crippen molar-refractivity contribution < 1.29 is 51.7 Å². The molecule has 2 amide bonds. The smallest absolute Gasteiger partial charge is 0.326 e. The highest BCUT2D eigenvalue weighted by Gasteiger charge is 2.43. The van der Waals surface area contributed by atoms with Crippen LogP contribution in [0.2, 0.25) is 0 Å². The second-order valence-electron chi connectivity index (χ2n) is 11.5. The van der Waals surface area contributed by atoms with Crippen LogP contribution in [0.25, 0.3) is 0 Å². The summed E-state index contributed by atoms with van der Waals surface area (Å²) < 4.78 is 50.8. The molecule has 12 nitrogen and oxygen atoms in total. The van der Waals surface area contributed by atoms with Crippen molar-refractivity contribution in [3.05, 3.63) is 71.0 Å². The number of aryl methyl sites for hydroxylation is 1. The average Bonchev–Trinajstić information content (AvgIpc) is 3.47. The van der Waals surface area contributed by atoms with Gasteiger partial charge < -0.3 is 30.5 Å². The summed E-state index contributed by atoms with van der Waals surface area (Å²) in [5.41, 5.74) is 6.69. The van der Waals surface area contributed by atoms with Gasteiger partial charge in [0.25, 0.3) is 0 Å². The van der Waals surface area contributed by atoms with Gasteiger partial charge in [-0.2, -0.15) is 0 Å². The molecule has 1 aliphatic rings. The summed E-state index contributed by atoms with van der Waals surface area (Å²) in [5, 5.41) is 15.6. The number of rotatable bonds is 17. The van der Waals surface area contributed by atoms with Crippen molar-refractivity contribution in [1.29, 1.82) is 0 Å². The summed E-state index contributed by atoms with van der Waals surface area (Å²) in [4.78, 5) is 65.0. The number of carboxylic acids is 1. The fourth-order valence-corrected chi connectivity index (χ4v) is 5.57. The van der Waals surface area contributed by atoms with Crippen LogP contribution in [0.1, 0.15) is 50.2 Å². The van der Waals surface area contributed by atoms with Crippen LogP contribution in [0.15, 0.2) is 42.5 Å². The second-order valence-corrected chi connectivity index (χ2v) is 11.5. The molecule has 48 heavy (non-hydrogen) atoms. The summed E-state index contributed by atoms with van der Waals surface area (Å²) in [6, 6.07) is 5.05. The number of nitrogens with zero attached hydrogens (tertiary/aromatic N) is 1. The quantitative estimate of drug-likeness (QED) is 0.143. The van der Waals surface area contributed by atoms with Gasteiger partial charge in [-0.25, -0.2) is 18.0 Å². The zero-order valence-corrected chi connectivity index (χ0v) is 26.8. The maximum absolute atomic E-state index is 14.0. The third-order valence-electron chi connectivity index (χ3n) is 7.95. The van der Waals surface area contributed by atoms with Crippen LogP contribution in [0.4, 0.5) is 13.2 Å². The van der Waals surface area contributed by atoms with E-state index in [-0.39, 0.29) is 57.2 Å². The Bertz CT molecular complexity index is 1450. The first-order valence-corrected chi connectivity index (χ1v) is 15.6. The Balaban J connectivity index is 1.73. The molecule has 2 aromatic carbocycles. The Labute approximate surface area is 276 Å². The molecule has 5 atom stereocenters. The third kappa shape index (κ3) is 11.0. The molecule has 0 saturated carbocycles. The average molecular weight is 679 g/mol. The van der Waals surface area contributed by atoms with Crippen LogP contribution in [0.3, 0.4) is 0 Å². The van der Waals surface area contributed by atoms with Gasteiger partial charge in [-0.3, -0.25) is 24.5 Å². The number of carbonyl (C=O) groups is 5. The van der Waals surface area contributed by atoms with Crippen LogP contribution >= 0.6 is 0 Å². The Kier molecular flexibility index (Phi) is 14.4. The highest BCUT2D eigenvalue weighted by atomic mass is 19.2. The molecule has 1 aliphatic heterocycles. The number of methoxy groups -OCH3 is 1. The van der Waals surface area contributed by atoms with E-state index in [1.165, 1.54) is 7.11 Å². The summed E-state index contributed by atoms with van der Waals surface area (Å²) in [7, 11) is 1.18. The van der Waals surface area contributed by atoms with E-state index in [0.717, 1.165) is 10.5 Å². The minimum absolute atomic E-state index is 0.0805. The number of carboxylic acid groups (broad SMARTS) is 1. The van der Waals surface area contributed by atoms with Crippen LogP contribution < -0.4 is 16.4 Å². The molecular weight excluding hydrogens is 637 g/mol. The maximum atomic E-state index is 14.0. The fraction of sp³-hybridized carbons (Fsp3) is 0.485. The lowest BCUT2D eigenvalue weighted by Gasteiger charge is -2.29. The molecular formula is C33H41F3N4O8. The maximum Gasteiger partial charge on any atom is 0.326 e. The Hall–Kier alpha value is -4.50. The summed E-state index contributed by atoms with van der Waals surface area (Å²) in [5.74, 6) is -7.54. The highest BCUT2D eigenvalue weighted by Crippen LogP contribution is 2.22. The predicted octanol–water partition coefficient (Wildman–Crippen LogP) is 2.01. The Morgan fingerprint density at radius 1 is 1.02 bits per heavy atom. The molecule has 0 unspecified atom stereocenters. The zero-order chi connectivity index (χ0) is 35.4. The van der Waals surface area contributed by atoms with E-state index in [1.54, 1.807) is 6.92 Å². The first kappa shape index (κ1) is 38.0. The first-order chi connectivity index (χ1) is 22.8. The molecule has 0 spiro atoms. The van der Waals surface area contributed by atoms with Gasteiger partial charge in [0.2, 0.25) is 11.8 Å². The minimum atomic E-state index is -1.36. The minimum Gasteiger partial charge on any atom is -0.480 e. The normalized spacial score (nSPS) is 17.7. The lowest BCUT2D eigenvalue weighted by atomic mass is 10.0. The molecule has 0 aliphatic carbocycles. The highest BCUT2D eigenvalue weighted by molar-refractivity contribution is 5.89. The van der Waals surface area contributed by atoms with Crippen LogP contribution in [0, 0.1) is 17.5 Å². The summed E-state index contributed by atoms with van der Waals surface area (Å²) >= 11 is 0. The van der Waals surface area contributed by atoms with E-state index in [4.69, 9.17) is 15.2 Å². The number of carbonyl (C=O) groups excluding carboxylic acids is 4. The van der Waals surface area contributed by atoms with Gasteiger partial charge in [0, 0.05) is 44.0 Å². The number of benzene rings is 2.